The van der Waals surface area contributed by atoms with Crippen molar-refractivity contribution in [3.05, 3.63) is 0 Å². The summed E-state index contributed by atoms with van der Waals surface area (Å²) in [6, 6.07) is 1.26. The molecule has 0 bridgehead atoms. The summed E-state index contributed by atoms with van der Waals surface area (Å²) < 4.78 is 0. The van der Waals surface area contributed by atoms with Gasteiger partial charge in [-0.2, -0.15) is 0 Å². The minimum atomic E-state index is 0.133. The number of rotatable bonds is 3. The summed E-state index contributed by atoms with van der Waals surface area (Å²) in [5.41, 5.74) is 0. The molecule has 3 rings (SSSR count). The molecular weight excluding hydrogens is 228 g/mol. The lowest BCUT2D eigenvalue weighted by molar-refractivity contribution is 0.116. The average molecular weight is 252 g/mol. The van der Waals surface area contributed by atoms with Crippen molar-refractivity contribution in [3.63, 3.8) is 0 Å². The Morgan fingerprint density at radius 2 is 2.22 bits per heavy atom. The van der Waals surface area contributed by atoms with Gasteiger partial charge >= 0.3 is 6.03 Å². The number of piperazine rings is 1. The summed E-state index contributed by atoms with van der Waals surface area (Å²) in [5, 5.41) is 6.54. The molecule has 2 amide bonds. The van der Waals surface area contributed by atoms with Crippen molar-refractivity contribution in [1.82, 2.24) is 20.4 Å². The zero-order valence-corrected chi connectivity index (χ0v) is 11.0. The standard InChI is InChI=1S/C13H24N4O/c18-13-15-9-12-10-16(7-8-17(12)13)6-4-11-3-1-2-5-14-11/h11-12,14H,1-10H2,(H,15,18). The van der Waals surface area contributed by atoms with E-state index in [-0.39, 0.29) is 6.03 Å². The number of amides is 2. The average Bonchev–Trinajstić information content (AvgIpc) is 2.79. The molecule has 0 aromatic heterocycles. The molecule has 18 heavy (non-hydrogen) atoms. The predicted octanol–water partition coefficient (Wildman–Crippen LogP) is 0.228. The second-order valence-electron chi connectivity index (χ2n) is 5.77. The first kappa shape index (κ1) is 12.2. The molecule has 2 unspecified atom stereocenters. The highest BCUT2D eigenvalue weighted by Crippen LogP contribution is 2.16. The van der Waals surface area contributed by atoms with Crippen molar-refractivity contribution in [2.45, 2.75) is 37.8 Å². The molecule has 3 aliphatic rings. The molecule has 0 radical (unpaired) electrons. The van der Waals surface area contributed by atoms with E-state index < -0.39 is 0 Å². The second-order valence-corrected chi connectivity index (χ2v) is 5.77. The number of carbonyl (C=O) groups excluding carboxylic acids is 1. The maximum atomic E-state index is 11.5. The Kier molecular flexibility index (Phi) is 3.70. The van der Waals surface area contributed by atoms with Gasteiger partial charge in [0.25, 0.3) is 0 Å². The second kappa shape index (κ2) is 5.45. The molecule has 0 aromatic carbocycles. The van der Waals surface area contributed by atoms with Gasteiger partial charge in [-0.05, 0) is 32.4 Å². The lowest BCUT2D eigenvalue weighted by Crippen LogP contribution is -2.52. The fraction of sp³-hybridized carbons (Fsp3) is 0.923. The lowest BCUT2D eigenvalue weighted by atomic mass is 10.0. The Balaban J connectivity index is 1.43. The zero-order valence-electron chi connectivity index (χ0n) is 11.0. The Morgan fingerprint density at radius 3 is 3.06 bits per heavy atom. The van der Waals surface area contributed by atoms with Gasteiger partial charge in [-0.1, -0.05) is 6.42 Å². The number of carbonyl (C=O) groups is 1. The summed E-state index contributed by atoms with van der Waals surface area (Å²) in [4.78, 5) is 16.0. The van der Waals surface area contributed by atoms with Crippen molar-refractivity contribution in [2.24, 2.45) is 0 Å². The van der Waals surface area contributed by atoms with Gasteiger partial charge in [0.15, 0.2) is 0 Å². The van der Waals surface area contributed by atoms with E-state index in [0.717, 1.165) is 32.2 Å². The van der Waals surface area contributed by atoms with Crippen LogP contribution in [0.2, 0.25) is 0 Å². The topological polar surface area (TPSA) is 47.6 Å². The maximum Gasteiger partial charge on any atom is 0.317 e. The Hall–Kier alpha value is -0.810. The SMILES string of the molecule is O=C1NCC2CN(CCC3CCCCN3)CCN12. The zero-order chi connectivity index (χ0) is 12.4. The molecule has 3 heterocycles. The first-order chi connectivity index (χ1) is 8.83. The number of hydrogen-bond acceptors (Lipinski definition) is 3. The van der Waals surface area contributed by atoms with Crippen molar-refractivity contribution in [3.8, 4) is 0 Å². The molecule has 0 aliphatic carbocycles. The Bertz CT molecular complexity index is 303. The van der Waals surface area contributed by atoms with E-state index in [0.29, 0.717) is 6.04 Å². The molecular formula is C13H24N4O. The quantitative estimate of drug-likeness (QED) is 0.756. The van der Waals surface area contributed by atoms with Crippen LogP contribution in [-0.4, -0.2) is 67.2 Å². The van der Waals surface area contributed by atoms with Crippen molar-refractivity contribution < 1.29 is 4.79 Å². The predicted molar refractivity (Wildman–Crippen MR) is 70.6 cm³/mol. The van der Waals surface area contributed by atoms with Crippen LogP contribution in [0.15, 0.2) is 0 Å². The van der Waals surface area contributed by atoms with Crippen LogP contribution in [0.25, 0.3) is 0 Å². The molecule has 2 N–H and O–H groups in total. The maximum absolute atomic E-state index is 11.5. The highest BCUT2D eigenvalue weighted by Gasteiger charge is 2.35. The first-order valence-electron chi connectivity index (χ1n) is 7.33. The van der Waals surface area contributed by atoms with E-state index in [1.54, 1.807) is 0 Å². The molecule has 0 aromatic rings. The Morgan fingerprint density at radius 1 is 1.28 bits per heavy atom. The Labute approximate surface area is 109 Å². The highest BCUT2D eigenvalue weighted by atomic mass is 16.2. The van der Waals surface area contributed by atoms with Crippen LogP contribution in [0.4, 0.5) is 4.79 Å². The number of nitrogens with zero attached hydrogens (tertiary/aromatic N) is 2. The molecule has 0 saturated carbocycles. The van der Waals surface area contributed by atoms with Crippen LogP contribution >= 0.6 is 0 Å². The molecule has 5 heteroatoms. The third kappa shape index (κ3) is 2.62. The van der Waals surface area contributed by atoms with Crippen molar-refractivity contribution in [1.29, 1.82) is 0 Å². The number of hydrogen-bond donors (Lipinski definition) is 2. The number of nitrogens with one attached hydrogen (secondary N) is 2. The minimum absolute atomic E-state index is 0.133. The summed E-state index contributed by atoms with van der Waals surface area (Å²) in [6.07, 6.45) is 5.31. The van der Waals surface area contributed by atoms with Crippen LogP contribution in [0.3, 0.4) is 0 Å². The molecule has 3 saturated heterocycles. The van der Waals surface area contributed by atoms with Gasteiger partial charge in [-0.3, -0.25) is 4.90 Å². The van der Waals surface area contributed by atoms with Gasteiger partial charge in [-0.25, -0.2) is 4.79 Å². The van der Waals surface area contributed by atoms with Crippen LogP contribution in [0.5, 0.6) is 0 Å². The van der Waals surface area contributed by atoms with Gasteiger partial charge < -0.3 is 15.5 Å². The first-order valence-corrected chi connectivity index (χ1v) is 7.33. The normalized spacial score (nSPS) is 33.3. The van der Waals surface area contributed by atoms with Crippen LogP contribution in [0.1, 0.15) is 25.7 Å². The van der Waals surface area contributed by atoms with E-state index in [2.05, 4.69) is 15.5 Å². The summed E-state index contributed by atoms with van der Waals surface area (Å²) >= 11 is 0. The van der Waals surface area contributed by atoms with E-state index in [4.69, 9.17) is 0 Å². The number of piperidine rings is 1. The number of fused-ring (bicyclic) bond motifs is 1. The van der Waals surface area contributed by atoms with Gasteiger partial charge in [0.2, 0.25) is 0 Å². The smallest absolute Gasteiger partial charge is 0.317 e. The lowest BCUT2D eigenvalue weighted by Gasteiger charge is -2.37. The third-order valence-electron chi connectivity index (χ3n) is 4.52. The molecule has 102 valence electrons. The van der Waals surface area contributed by atoms with Gasteiger partial charge in [0, 0.05) is 32.2 Å². The van der Waals surface area contributed by atoms with Gasteiger partial charge in [0.05, 0.1) is 6.04 Å². The molecule has 5 nitrogen and oxygen atoms in total. The van der Waals surface area contributed by atoms with Crippen LogP contribution in [-0.2, 0) is 0 Å². The fourth-order valence-electron chi connectivity index (χ4n) is 3.38. The summed E-state index contributed by atoms with van der Waals surface area (Å²) in [6.45, 7) is 6.18. The minimum Gasteiger partial charge on any atom is -0.336 e. The van der Waals surface area contributed by atoms with E-state index >= 15 is 0 Å². The molecule has 3 aliphatic heterocycles. The third-order valence-corrected chi connectivity index (χ3v) is 4.52. The van der Waals surface area contributed by atoms with Gasteiger partial charge in [-0.15, -0.1) is 0 Å². The molecule has 3 fully saturated rings. The highest BCUT2D eigenvalue weighted by molar-refractivity contribution is 5.77. The fourth-order valence-corrected chi connectivity index (χ4v) is 3.38. The van der Waals surface area contributed by atoms with Gasteiger partial charge in [0.1, 0.15) is 0 Å². The van der Waals surface area contributed by atoms with E-state index in [1.165, 1.54) is 38.8 Å². The monoisotopic (exact) mass is 252 g/mol. The molecule has 2 atom stereocenters. The number of urea groups is 1. The van der Waals surface area contributed by atoms with Crippen molar-refractivity contribution in [2.75, 3.05) is 39.3 Å². The van der Waals surface area contributed by atoms with Crippen LogP contribution in [0, 0.1) is 0 Å². The van der Waals surface area contributed by atoms with E-state index in [9.17, 15) is 4.79 Å². The van der Waals surface area contributed by atoms with E-state index in [1.807, 2.05) is 4.90 Å². The summed E-state index contributed by atoms with van der Waals surface area (Å²) in [5.74, 6) is 0. The van der Waals surface area contributed by atoms with Crippen molar-refractivity contribution >= 4 is 6.03 Å². The van der Waals surface area contributed by atoms with Crippen LogP contribution < -0.4 is 10.6 Å². The molecule has 0 spiro atoms. The summed E-state index contributed by atoms with van der Waals surface area (Å²) in [7, 11) is 0. The largest absolute Gasteiger partial charge is 0.336 e.